The number of rotatable bonds is 5. The largest absolute Gasteiger partial charge is 0.497 e. The fourth-order valence-electron chi connectivity index (χ4n) is 3.56. The van der Waals surface area contributed by atoms with Crippen molar-refractivity contribution in [2.24, 2.45) is 5.92 Å². The molecule has 0 amide bonds. The number of cyclic esters (lactones) is 1. The summed E-state index contributed by atoms with van der Waals surface area (Å²) in [5, 5.41) is 0. The SMILES string of the molecule is COc1ccc([C@@H](c2cc3c(cc2OC(C)=O)OCO3)[C@H]2C(=O)COC2=O)cc1. The highest BCUT2D eigenvalue weighted by Crippen LogP contribution is 2.46. The number of ketones is 1. The summed E-state index contributed by atoms with van der Waals surface area (Å²) in [5.74, 6) is -1.66. The fourth-order valence-corrected chi connectivity index (χ4v) is 3.56. The van der Waals surface area contributed by atoms with Crippen LogP contribution < -0.4 is 18.9 Å². The molecule has 1 fully saturated rings. The summed E-state index contributed by atoms with van der Waals surface area (Å²) in [6.45, 7) is 1.01. The molecule has 0 radical (unpaired) electrons. The number of ether oxygens (including phenoxy) is 5. The van der Waals surface area contributed by atoms with Gasteiger partial charge in [-0.3, -0.25) is 14.4 Å². The number of esters is 2. The van der Waals surface area contributed by atoms with Gasteiger partial charge in [-0.05, 0) is 23.8 Å². The molecule has 2 heterocycles. The molecule has 0 saturated carbocycles. The highest BCUT2D eigenvalue weighted by Gasteiger charge is 2.44. The van der Waals surface area contributed by atoms with Crippen LogP contribution in [0, 0.1) is 5.92 Å². The van der Waals surface area contributed by atoms with Crippen molar-refractivity contribution in [3.05, 3.63) is 47.5 Å². The molecule has 0 spiro atoms. The molecule has 2 aromatic carbocycles. The van der Waals surface area contributed by atoms with Gasteiger partial charge in [0.15, 0.2) is 23.9 Å². The van der Waals surface area contributed by atoms with E-state index in [2.05, 4.69) is 0 Å². The van der Waals surface area contributed by atoms with Crippen molar-refractivity contribution in [2.45, 2.75) is 12.8 Å². The lowest BCUT2D eigenvalue weighted by Gasteiger charge is -2.23. The van der Waals surface area contributed by atoms with Crippen LogP contribution in [0.15, 0.2) is 36.4 Å². The van der Waals surface area contributed by atoms with Crippen LogP contribution in [0.25, 0.3) is 0 Å². The monoisotopic (exact) mass is 398 g/mol. The zero-order valence-electron chi connectivity index (χ0n) is 15.8. The topological polar surface area (TPSA) is 97.4 Å². The van der Waals surface area contributed by atoms with E-state index in [0.29, 0.717) is 28.4 Å². The molecule has 2 aromatic rings. The Morgan fingerprint density at radius 3 is 2.34 bits per heavy atom. The van der Waals surface area contributed by atoms with Crippen LogP contribution in [0.4, 0.5) is 0 Å². The first kappa shape index (κ1) is 18.8. The molecule has 0 aliphatic carbocycles. The number of fused-ring (bicyclic) bond motifs is 1. The number of hydrogen-bond donors (Lipinski definition) is 0. The van der Waals surface area contributed by atoms with Gasteiger partial charge < -0.3 is 23.7 Å². The van der Waals surface area contributed by atoms with E-state index in [-0.39, 0.29) is 24.9 Å². The molecule has 8 nitrogen and oxygen atoms in total. The van der Waals surface area contributed by atoms with E-state index in [1.807, 2.05) is 0 Å². The lowest BCUT2D eigenvalue weighted by atomic mass is 9.79. The van der Waals surface area contributed by atoms with Crippen LogP contribution in [0.1, 0.15) is 24.0 Å². The molecule has 2 aliphatic rings. The standard InChI is InChI=1S/C21H18O8/c1-11(22)29-16-8-18-17(27-10-28-18)7-14(16)19(20-15(23)9-26-21(20)24)12-3-5-13(25-2)6-4-12/h3-8,19-20H,9-10H2,1-2H3/t19-,20+/m0/s1. The van der Waals surface area contributed by atoms with Crippen LogP contribution in [0.3, 0.4) is 0 Å². The summed E-state index contributed by atoms with van der Waals surface area (Å²) < 4.78 is 26.4. The normalized spacial score (nSPS) is 18.3. The Morgan fingerprint density at radius 1 is 1.07 bits per heavy atom. The molecule has 1 saturated heterocycles. The van der Waals surface area contributed by atoms with Gasteiger partial charge in [0.25, 0.3) is 0 Å². The van der Waals surface area contributed by atoms with Gasteiger partial charge in [0.2, 0.25) is 6.79 Å². The minimum Gasteiger partial charge on any atom is -0.497 e. The average molecular weight is 398 g/mol. The Labute approximate surface area is 166 Å². The zero-order valence-corrected chi connectivity index (χ0v) is 15.8. The van der Waals surface area contributed by atoms with E-state index in [0.717, 1.165) is 0 Å². The molecule has 2 aliphatic heterocycles. The maximum Gasteiger partial charge on any atom is 0.318 e. The summed E-state index contributed by atoms with van der Waals surface area (Å²) in [6.07, 6.45) is 0. The van der Waals surface area contributed by atoms with Crippen molar-refractivity contribution in [2.75, 3.05) is 20.5 Å². The van der Waals surface area contributed by atoms with Gasteiger partial charge in [0, 0.05) is 24.5 Å². The Balaban J connectivity index is 1.89. The summed E-state index contributed by atoms with van der Waals surface area (Å²) in [4.78, 5) is 36.6. The minimum absolute atomic E-state index is 0.0237. The minimum atomic E-state index is -1.07. The predicted octanol–water partition coefficient (Wildman–Crippen LogP) is 2.22. The Morgan fingerprint density at radius 2 is 1.76 bits per heavy atom. The zero-order chi connectivity index (χ0) is 20.5. The van der Waals surface area contributed by atoms with Crippen molar-refractivity contribution in [3.63, 3.8) is 0 Å². The Kier molecular flexibility index (Phi) is 4.84. The second kappa shape index (κ2) is 7.46. The summed E-state index contributed by atoms with van der Waals surface area (Å²) in [5.41, 5.74) is 1.11. The van der Waals surface area contributed by atoms with E-state index in [1.54, 1.807) is 37.4 Å². The fraction of sp³-hybridized carbons (Fsp3) is 0.286. The van der Waals surface area contributed by atoms with Crippen LogP contribution in [0.5, 0.6) is 23.0 Å². The average Bonchev–Trinajstić information content (AvgIpc) is 3.29. The van der Waals surface area contributed by atoms with E-state index in [4.69, 9.17) is 23.7 Å². The number of benzene rings is 2. The predicted molar refractivity (Wildman–Crippen MR) is 98.2 cm³/mol. The van der Waals surface area contributed by atoms with Crippen molar-refractivity contribution < 1.29 is 38.1 Å². The first-order valence-electron chi connectivity index (χ1n) is 8.93. The van der Waals surface area contributed by atoms with Gasteiger partial charge in [-0.15, -0.1) is 0 Å². The van der Waals surface area contributed by atoms with Gasteiger partial charge in [0.05, 0.1) is 7.11 Å². The van der Waals surface area contributed by atoms with E-state index in [9.17, 15) is 14.4 Å². The third-order valence-corrected chi connectivity index (χ3v) is 4.86. The van der Waals surface area contributed by atoms with E-state index < -0.39 is 23.8 Å². The molecule has 0 N–H and O–H groups in total. The quantitative estimate of drug-likeness (QED) is 0.430. The highest BCUT2D eigenvalue weighted by atomic mass is 16.7. The molecular weight excluding hydrogens is 380 g/mol. The van der Waals surface area contributed by atoms with Gasteiger partial charge in [-0.25, -0.2) is 0 Å². The number of methoxy groups -OCH3 is 1. The van der Waals surface area contributed by atoms with Gasteiger partial charge in [-0.2, -0.15) is 0 Å². The Hall–Kier alpha value is -3.55. The van der Waals surface area contributed by atoms with Gasteiger partial charge in [0.1, 0.15) is 17.4 Å². The molecule has 0 aromatic heterocycles. The summed E-state index contributed by atoms with van der Waals surface area (Å²) in [6, 6.07) is 10.1. The molecule has 2 atom stereocenters. The number of hydrogen-bond acceptors (Lipinski definition) is 8. The van der Waals surface area contributed by atoms with Crippen molar-refractivity contribution in [1.29, 1.82) is 0 Å². The highest BCUT2D eigenvalue weighted by molar-refractivity contribution is 6.06. The Bertz CT molecular complexity index is 963. The third kappa shape index (κ3) is 3.49. The molecule has 0 bridgehead atoms. The van der Waals surface area contributed by atoms with Gasteiger partial charge in [-0.1, -0.05) is 12.1 Å². The van der Waals surface area contributed by atoms with Crippen LogP contribution in [0.2, 0.25) is 0 Å². The number of carbonyl (C=O) groups excluding carboxylic acids is 3. The van der Waals surface area contributed by atoms with Crippen molar-refractivity contribution in [3.8, 4) is 23.0 Å². The molecule has 29 heavy (non-hydrogen) atoms. The van der Waals surface area contributed by atoms with E-state index in [1.165, 1.54) is 13.0 Å². The molecule has 8 heteroatoms. The smallest absolute Gasteiger partial charge is 0.318 e. The first-order chi connectivity index (χ1) is 14.0. The van der Waals surface area contributed by atoms with Crippen molar-refractivity contribution >= 4 is 17.7 Å². The second-order valence-corrected chi connectivity index (χ2v) is 6.64. The van der Waals surface area contributed by atoms with Gasteiger partial charge >= 0.3 is 11.9 Å². The maximum absolute atomic E-state index is 12.5. The lowest BCUT2D eigenvalue weighted by molar-refractivity contribution is -0.141. The van der Waals surface area contributed by atoms with Crippen LogP contribution in [-0.4, -0.2) is 38.2 Å². The summed E-state index contributed by atoms with van der Waals surface area (Å²) >= 11 is 0. The third-order valence-electron chi connectivity index (χ3n) is 4.86. The number of Topliss-reactive ketones (excluding diaryl/α,β-unsaturated/α-hetero) is 1. The summed E-state index contributed by atoms with van der Waals surface area (Å²) in [7, 11) is 1.54. The number of carbonyl (C=O) groups is 3. The molecule has 150 valence electrons. The van der Waals surface area contributed by atoms with Crippen LogP contribution >= 0.6 is 0 Å². The second-order valence-electron chi connectivity index (χ2n) is 6.64. The van der Waals surface area contributed by atoms with E-state index >= 15 is 0 Å². The molecular formula is C21H18O8. The molecule has 0 unspecified atom stereocenters. The first-order valence-corrected chi connectivity index (χ1v) is 8.93. The maximum atomic E-state index is 12.5. The molecule has 4 rings (SSSR count). The van der Waals surface area contributed by atoms with Crippen molar-refractivity contribution in [1.82, 2.24) is 0 Å². The van der Waals surface area contributed by atoms with Crippen LogP contribution in [-0.2, 0) is 19.1 Å². The lowest BCUT2D eigenvalue weighted by Crippen LogP contribution is -2.25.